The van der Waals surface area contributed by atoms with Crippen LogP contribution >= 0.6 is 11.6 Å². The van der Waals surface area contributed by atoms with Crippen molar-refractivity contribution >= 4 is 29.1 Å². The molecule has 0 aromatic rings. The number of halogens is 3. The molecule has 0 unspecified atom stereocenters. The highest BCUT2D eigenvalue weighted by atomic mass is 35.5. The van der Waals surface area contributed by atoms with Crippen LogP contribution in [0.25, 0.3) is 0 Å². The van der Waals surface area contributed by atoms with E-state index in [4.69, 9.17) is 16.3 Å². The SMILES string of the molecule is CC(=O)O[C@@]1(C(=O)CCl)[C@@H](C)C[C@H]2[C@@H]3C[C@H](F)C4=CC(=O)CC[C@]4(C)[C@@]3(F)[C@@H](O)C[C@@]21C. The number of alkyl halides is 3. The van der Waals surface area contributed by atoms with Gasteiger partial charge in [0.15, 0.2) is 17.2 Å². The number of Topliss-reactive ketones (excluding diaryl/α,β-unsaturated/α-hetero) is 1. The van der Waals surface area contributed by atoms with E-state index in [-0.39, 0.29) is 42.9 Å². The first-order chi connectivity index (χ1) is 14.8. The molecular formula is C24H31ClF2O5. The summed E-state index contributed by atoms with van der Waals surface area (Å²) in [7, 11) is 0. The van der Waals surface area contributed by atoms with Gasteiger partial charge in [-0.2, -0.15) is 0 Å². The van der Waals surface area contributed by atoms with Gasteiger partial charge in [-0.25, -0.2) is 8.78 Å². The number of allylic oxidation sites excluding steroid dienone is 1. The molecule has 0 aliphatic heterocycles. The monoisotopic (exact) mass is 472 g/mol. The van der Waals surface area contributed by atoms with Gasteiger partial charge in [-0.1, -0.05) is 20.8 Å². The standard InChI is InChI=1S/C24H31ClF2O5/c1-12-7-15-16-9-18(26)17-8-14(29)5-6-21(17,3)23(16,27)19(30)10-22(15,4)24(12,20(31)11-25)32-13(2)28/h8,12,15-16,18-19,30H,5-7,9-11H2,1-4H3/t12-,15-,16-,18-,19-,21-,22-,23-,24+/m0/s1. The van der Waals surface area contributed by atoms with Crippen LogP contribution in [-0.4, -0.2) is 52.1 Å². The lowest BCUT2D eigenvalue weighted by molar-refractivity contribution is -0.237. The highest BCUT2D eigenvalue weighted by molar-refractivity contribution is 6.29. The number of rotatable bonds is 3. The van der Waals surface area contributed by atoms with Crippen LogP contribution in [0.3, 0.4) is 0 Å². The summed E-state index contributed by atoms with van der Waals surface area (Å²) in [6.07, 6.45) is -1.57. The number of carbonyl (C=O) groups is 3. The Hall–Kier alpha value is -1.34. The summed E-state index contributed by atoms with van der Waals surface area (Å²) >= 11 is 5.94. The summed E-state index contributed by atoms with van der Waals surface area (Å²) in [5.74, 6) is -3.63. The fourth-order valence-electron chi connectivity index (χ4n) is 8.07. The maximum Gasteiger partial charge on any atom is 0.303 e. The number of fused-ring (bicyclic) bond motifs is 5. The zero-order valence-corrected chi connectivity index (χ0v) is 19.7. The molecule has 3 fully saturated rings. The molecule has 0 bridgehead atoms. The number of hydrogen-bond donors (Lipinski definition) is 1. The Balaban J connectivity index is 1.88. The predicted octanol–water partition coefficient (Wildman–Crippen LogP) is 3.89. The van der Waals surface area contributed by atoms with Crippen LogP contribution in [0, 0.1) is 28.6 Å². The molecule has 4 rings (SSSR count). The first kappa shape index (κ1) is 23.8. The molecule has 0 aromatic carbocycles. The summed E-state index contributed by atoms with van der Waals surface area (Å²) in [6, 6.07) is 0. The zero-order chi connectivity index (χ0) is 23.9. The first-order valence-corrected chi connectivity index (χ1v) is 11.9. The van der Waals surface area contributed by atoms with Gasteiger partial charge in [0.2, 0.25) is 0 Å². The second-order valence-electron chi connectivity index (χ2n) is 10.7. The van der Waals surface area contributed by atoms with E-state index in [0.29, 0.717) is 6.42 Å². The Kier molecular flexibility index (Phi) is 5.45. The van der Waals surface area contributed by atoms with Crippen molar-refractivity contribution in [2.24, 2.45) is 28.6 Å². The van der Waals surface area contributed by atoms with Gasteiger partial charge in [-0.15, -0.1) is 11.6 Å². The average Bonchev–Trinajstić information content (AvgIpc) is 2.92. The van der Waals surface area contributed by atoms with Gasteiger partial charge in [0.1, 0.15) is 11.8 Å². The number of aliphatic hydroxyl groups excluding tert-OH is 1. The quantitative estimate of drug-likeness (QED) is 0.498. The van der Waals surface area contributed by atoms with E-state index in [1.54, 1.807) is 20.8 Å². The second-order valence-corrected chi connectivity index (χ2v) is 11.0. The average molecular weight is 473 g/mol. The molecule has 0 aromatic heterocycles. The highest BCUT2D eigenvalue weighted by Crippen LogP contribution is 2.72. The molecule has 0 radical (unpaired) electrons. The molecule has 32 heavy (non-hydrogen) atoms. The molecule has 4 aliphatic rings. The number of aliphatic hydroxyl groups is 1. The van der Waals surface area contributed by atoms with Crippen molar-refractivity contribution in [3.05, 3.63) is 11.6 Å². The summed E-state index contributed by atoms with van der Waals surface area (Å²) in [6.45, 7) is 6.33. The molecular weight excluding hydrogens is 442 g/mol. The fraction of sp³-hybridized carbons (Fsp3) is 0.792. The maximum absolute atomic E-state index is 17.2. The first-order valence-electron chi connectivity index (χ1n) is 11.3. The smallest absolute Gasteiger partial charge is 0.303 e. The van der Waals surface area contributed by atoms with Gasteiger partial charge in [0.05, 0.1) is 12.0 Å². The maximum atomic E-state index is 17.2. The van der Waals surface area contributed by atoms with Gasteiger partial charge in [0, 0.05) is 36.0 Å². The van der Waals surface area contributed by atoms with Crippen molar-refractivity contribution in [2.45, 2.75) is 83.3 Å². The molecule has 4 aliphatic carbocycles. The van der Waals surface area contributed by atoms with Crippen molar-refractivity contribution in [1.82, 2.24) is 0 Å². The molecule has 3 saturated carbocycles. The predicted molar refractivity (Wildman–Crippen MR) is 113 cm³/mol. The van der Waals surface area contributed by atoms with Crippen LogP contribution in [-0.2, 0) is 19.1 Å². The molecule has 9 atom stereocenters. The third kappa shape index (κ3) is 2.67. The lowest BCUT2D eigenvalue weighted by Crippen LogP contribution is -2.71. The van der Waals surface area contributed by atoms with E-state index in [1.165, 1.54) is 13.0 Å². The summed E-state index contributed by atoms with van der Waals surface area (Å²) in [5.41, 5.74) is -6.08. The van der Waals surface area contributed by atoms with Gasteiger partial charge >= 0.3 is 5.97 Å². The molecule has 8 heteroatoms. The summed E-state index contributed by atoms with van der Waals surface area (Å²) < 4.78 is 38.4. The lowest BCUT2D eigenvalue weighted by Gasteiger charge is -2.64. The molecule has 0 spiro atoms. The second kappa shape index (κ2) is 7.33. The minimum absolute atomic E-state index is 0.0955. The van der Waals surface area contributed by atoms with Gasteiger partial charge in [-0.05, 0) is 43.3 Å². The van der Waals surface area contributed by atoms with Crippen LogP contribution in [0.5, 0.6) is 0 Å². The van der Waals surface area contributed by atoms with Crippen LogP contribution in [0.4, 0.5) is 8.78 Å². The molecule has 0 saturated heterocycles. The van der Waals surface area contributed by atoms with E-state index < -0.39 is 63.9 Å². The van der Waals surface area contributed by atoms with Crippen molar-refractivity contribution in [2.75, 3.05) is 5.88 Å². The van der Waals surface area contributed by atoms with E-state index in [0.717, 1.165) is 0 Å². The van der Waals surface area contributed by atoms with Gasteiger partial charge in [0.25, 0.3) is 0 Å². The molecule has 1 N–H and O–H groups in total. The van der Waals surface area contributed by atoms with Crippen molar-refractivity contribution < 1.29 is 33.0 Å². The minimum atomic E-state index is -2.16. The number of hydrogen-bond acceptors (Lipinski definition) is 5. The zero-order valence-electron chi connectivity index (χ0n) is 18.9. The van der Waals surface area contributed by atoms with E-state index in [2.05, 4.69) is 0 Å². The fourth-order valence-corrected chi connectivity index (χ4v) is 8.27. The van der Waals surface area contributed by atoms with Crippen molar-refractivity contribution in [1.29, 1.82) is 0 Å². The minimum Gasteiger partial charge on any atom is -0.450 e. The Morgan fingerprint density at radius 2 is 1.94 bits per heavy atom. The number of carbonyl (C=O) groups excluding carboxylic acids is 3. The van der Waals surface area contributed by atoms with E-state index in [1.807, 2.05) is 0 Å². The van der Waals surface area contributed by atoms with Crippen molar-refractivity contribution in [3.63, 3.8) is 0 Å². The molecule has 0 heterocycles. The number of ketones is 2. The molecule has 178 valence electrons. The van der Waals surface area contributed by atoms with E-state index >= 15 is 8.78 Å². The normalized spacial score (nSPS) is 50.1. The van der Waals surface area contributed by atoms with Crippen LogP contribution in [0.15, 0.2) is 11.6 Å². The molecule has 5 nitrogen and oxygen atoms in total. The van der Waals surface area contributed by atoms with Gasteiger partial charge in [-0.3, -0.25) is 14.4 Å². The Morgan fingerprint density at radius 3 is 2.53 bits per heavy atom. The third-order valence-electron chi connectivity index (χ3n) is 9.41. The third-order valence-corrected chi connectivity index (χ3v) is 9.65. The lowest BCUT2D eigenvalue weighted by atomic mass is 9.43. The van der Waals surface area contributed by atoms with Crippen LogP contribution < -0.4 is 0 Å². The number of esters is 1. The Morgan fingerprint density at radius 1 is 1.28 bits per heavy atom. The topological polar surface area (TPSA) is 80.7 Å². The number of ether oxygens (including phenoxy) is 1. The van der Waals surface area contributed by atoms with E-state index in [9.17, 15) is 19.5 Å². The Labute approximate surface area is 191 Å². The van der Waals surface area contributed by atoms with Crippen LogP contribution in [0.1, 0.15) is 59.8 Å². The highest BCUT2D eigenvalue weighted by Gasteiger charge is 2.78. The summed E-state index contributed by atoms with van der Waals surface area (Å²) in [4.78, 5) is 37.3. The largest absolute Gasteiger partial charge is 0.450 e. The summed E-state index contributed by atoms with van der Waals surface area (Å²) in [5, 5.41) is 11.3. The van der Waals surface area contributed by atoms with Gasteiger partial charge < -0.3 is 9.84 Å². The van der Waals surface area contributed by atoms with Crippen molar-refractivity contribution in [3.8, 4) is 0 Å². The Bertz CT molecular complexity index is 907. The van der Waals surface area contributed by atoms with Crippen LogP contribution in [0.2, 0.25) is 0 Å². The molecule has 0 amide bonds.